The number of carbonyl (C=O) groups is 1. The zero-order valence-electron chi connectivity index (χ0n) is 18.5. The largest absolute Gasteiger partial charge is 0.508 e. The van der Waals surface area contributed by atoms with Crippen LogP contribution in [-0.2, 0) is 4.79 Å². The van der Waals surface area contributed by atoms with Crippen LogP contribution in [-0.4, -0.2) is 17.7 Å². The van der Waals surface area contributed by atoms with Crippen LogP contribution >= 0.6 is 0 Å². The number of hydrogen-bond acceptors (Lipinski definition) is 6. The number of phenols is 1. The molecule has 6 heteroatoms. The van der Waals surface area contributed by atoms with Gasteiger partial charge in [0.05, 0.1) is 17.4 Å². The molecular weight excluding hydrogens is 432 g/mol. The lowest BCUT2D eigenvalue weighted by Crippen LogP contribution is -2.22. The zero-order chi connectivity index (χ0) is 23.8. The van der Waals surface area contributed by atoms with E-state index in [2.05, 4.69) is 6.58 Å². The van der Waals surface area contributed by atoms with E-state index >= 15 is 0 Å². The minimum atomic E-state index is -0.345. The van der Waals surface area contributed by atoms with Crippen molar-refractivity contribution in [2.45, 2.75) is 19.3 Å². The number of ether oxygens (including phenoxy) is 2. The topological polar surface area (TPSA) is 86.0 Å². The highest BCUT2D eigenvalue weighted by Crippen LogP contribution is 2.43. The van der Waals surface area contributed by atoms with Gasteiger partial charge in [-0.15, -0.1) is 0 Å². The van der Waals surface area contributed by atoms with E-state index in [9.17, 15) is 14.7 Å². The first-order chi connectivity index (χ1) is 16.4. The second-order valence-corrected chi connectivity index (χ2v) is 8.43. The van der Waals surface area contributed by atoms with Crippen molar-refractivity contribution >= 4 is 16.9 Å². The molecule has 3 aromatic carbocycles. The van der Waals surface area contributed by atoms with Crippen LogP contribution in [0.4, 0.5) is 0 Å². The van der Waals surface area contributed by atoms with E-state index in [1.165, 1.54) is 18.4 Å². The Morgan fingerprint density at radius 2 is 1.79 bits per heavy atom. The molecular formula is C28H22O6. The molecule has 0 saturated heterocycles. The van der Waals surface area contributed by atoms with Gasteiger partial charge in [-0.1, -0.05) is 30.8 Å². The average Bonchev–Trinajstić information content (AvgIpc) is 2.83. The molecule has 0 aliphatic carbocycles. The minimum absolute atomic E-state index is 0.115. The van der Waals surface area contributed by atoms with Gasteiger partial charge in [-0.25, -0.2) is 0 Å². The molecule has 5 rings (SSSR count). The molecule has 0 fully saturated rings. The van der Waals surface area contributed by atoms with Crippen molar-refractivity contribution in [3.8, 4) is 28.4 Å². The van der Waals surface area contributed by atoms with E-state index in [-0.39, 0.29) is 29.5 Å². The summed E-state index contributed by atoms with van der Waals surface area (Å²) in [6.07, 6.45) is 1.54. The van der Waals surface area contributed by atoms with Gasteiger partial charge in [0, 0.05) is 11.5 Å². The second kappa shape index (κ2) is 8.56. The first-order valence-corrected chi connectivity index (χ1v) is 10.9. The Kier molecular flexibility index (Phi) is 5.42. The Balaban J connectivity index is 1.60. The van der Waals surface area contributed by atoms with E-state index in [0.29, 0.717) is 45.8 Å². The van der Waals surface area contributed by atoms with Crippen molar-refractivity contribution in [1.29, 1.82) is 0 Å². The van der Waals surface area contributed by atoms with Gasteiger partial charge >= 0.3 is 5.97 Å². The van der Waals surface area contributed by atoms with Crippen LogP contribution in [0.5, 0.6) is 17.2 Å². The molecule has 1 aliphatic rings. The maximum atomic E-state index is 13.3. The lowest BCUT2D eigenvalue weighted by Gasteiger charge is -2.25. The molecule has 1 N–H and O–H groups in total. The monoisotopic (exact) mass is 454 g/mol. The van der Waals surface area contributed by atoms with Gasteiger partial charge in [0.2, 0.25) is 5.43 Å². The number of carbonyl (C=O) groups excluding carboxylic acids is 1. The predicted octanol–water partition coefficient (Wildman–Crippen LogP) is 5.56. The first-order valence-electron chi connectivity index (χ1n) is 10.9. The van der Waals surface area contributed by atoms with Gasteiger partial charge in [0.25, 0.3) is 0 Å². The van der Waals surface area contributed by atoms with Crippen molar-refractivity contribution in [3.63, 3.8) is 0 Å². The van der Waals surface area contributed by atoms with Crippen LogP contribution < -0.4 is 14.9 Å². The highest BCUT2D eigenvalue weighted by molar-refractivity contribution is 5.90. The molecule has 1 aromatic heterocycles. The molecule has 170 valence electrons. The smallest absolute Gasteiger partial charge is 0.312 e. The van der Waals surface area contributed by atoms with E-state index in [0.717, 1.165) is 11.1 Å². The molecule has 0 unspecified atom stereocenters. The summed E-state index contributed by atoms with van der Waals surface area (Å²) in [6, 6.07) is 17.1. The Bertz CT molecular complexity index is 1460. The van der Waals surface area contributed by atoms with Crippen molar-refractivity contribution in [1.82, 2.24) is 0 Å². The van der Waals surface area contributed by atoms with Gasteiger partial charge in [0.1, 0.15) is 35.7 Å². The van der Waals surface area contributed by atoms with Crippen molar-refractivity contribution < 1.29 is 23.8 Å². The summed E-state index contributed by atoms with van der Waals surface area (Å²) in [7, 11) is 0. The minimum Gasteiger partial charge on any atom is -0.508 e. The SMILES string of the molecule is C=C(C)COc1ccc([C@@H]2CC(=O)Oc3ccc4c(=O)c(-c5ccc(O)cc5)coc4c32)cc1. The molecule has 0 amide bonds. The van der Waals surface area contributed by atoms with Gasteiger partial charge in [-0.2, -0.15) is 0 Å². The van der Waals surface area contributed by atoms with Gasteiger partial charge in [-0.3, -0.25) is 9.59 Å². The maximum absolute atomic E-state index is 13.3. The van der Waals surface area contributed by atoms with Crippen LogP contribution in [0, 0.1) is 0 Å². The fraction of sp³-hybridized carbons (Fsp3) is 0.143. The standard InChI is InChI=1S/C28H22O6/c1-16(2)14-32-20-9-5-17(6-10-20)22-13-25(30)34-24-12-11-21-27(31)23(15-33-28(21)26(22)24)18-3-7-19(29)8-4-18/h3-12,15,22,29H,1,13-14H2,2H3/t22-/m0/s1. The normalized spacial score (nSPS) is 15.0. The number of esters is 1. The highest BCUT2D eigenvalue weighted by Gasteiger charge is 2.32. The summed E-state index contributed by atoms with van der Waals surface area (Å²) >= 11 is 0. The Morgan fingerprint density at radius 1 is 1.06 bits per heavy atom. The molecule has 4 aromatic rings. The lowest BCUT2D eigenvalue weighted by molar-refractivity contribution is -0.135. The summed E-state index contributed by atoms with van der Waals surface area (Å²) < 4.78 is 17.2. The first kappa shape index (κ1) is 21.5. The number of fused-ring (bicyclic) bond motifs is 3. The van der Waals surface area contributed by atoms with Gasteiger partial charge in [0.15, 0.2) is 0 Å². The number of rotatable bonds is 5. The molecule has 0 saturated carbocycles. The predicted molar refractivity (Wildman–Crippen MR) is 128 cm³/mol. The molecule has 0 radical (unpaired) electrons. The van der Waals surface area contributed by atoms with E-state index in [1.807, 2.05) is 31.2 Å². The molecule has 2 heterocycles. The van der Waals surface area contributed by atoms with E-state index in [1.54, 1.807) is 24.3 Å². The van der Waals surface area contributed by atoms with Crippen LogP contribution in [0.2, 0.25) is 0 Å². The summed E-state index contributed by atoms with van der Waals surface area (Å²) in [6.45, 7) is 6.16. The fourth-order valence-corrected chi connectivity index (χ4v) is 4.18. The highest BCUT2D eigenvalue weighted by atomic mass is 16.5. The number of benzene rings is 3. The molecule has 34 heavy (non-hydrogen) atoms. The molecule has 1 aliphatic heterocycles. The third-order valence-electron chi connectivity index (χ3n) is 5.83. The van der Waals surface area contributed by atoms with E-state index < -0.39 is 0 Å². The van der Waals surface area contributed by atoms with Crippen LogP contribution in [0.25, 0.3) is 22.1 Å². The molecule has 1 atom stereocenters. The molecule has 0 bridgehead atoms. The van der Waals surface area contributed by atoms with Gasteiger partial charge < -0.3 is 19.0 Å². The van der Waals surface area contributed by atoms with Crippen molar-refractivity contribution in [2.24, 2.45) is 0 Å². The second-order valence-electron chi connectivity index (χ2n) is 8.43. The Morgan fingerprint density at radius 3 is 2.50 bits per heavy atom. The third-order valence-corrected chi connectivity index (χ3v) is 5.83. The maximum Gasteiger partial charge on any atom is 0.312 e. The molecule has 6 nitrogen and oxygen atoms in total. The average molecular weight is 454 g/mol. The lowest BCUT2D eigenvalue weighted by atomic mass is 9.85. The van der Waals surface area contributed by atoms with Crippen LogP contribution in [0.1, 0.15) is 30.4 Å². The quantitative estimate of drug-likeness (QED) is 0.241. The molecule has 0 spiro atoms. The van der Waals surface area contributed by atoms with Crippen LogP contribution in [0.3, 0.4) is 0 Å². The summed E-state index contributed by atoms with van der Waals surface area (Å²) in [4.78, 5) is 25.7. The third kappa shape index (κ3) is 3.94. The zero-order valence-corrected chi connectivity index (χ0v) is 18.5. The summed E-state index contributed by atoms with van der Waals surface area (Å²) in [5.74, 6) is 0.522. The summed E-state index contributed by atoms with van der Waals surface area (Å²) in [5, 5.41) is 9.95. The van der Waals surface area contributed by atoms with Crippen molar-refractivity contribution in [3.05, 3.63) is 100 Å². The van der Waals surface area contributed by atoms with Crippen molar-refractivity contribution in [2.75, 3.05) is 6.61 Å². The van der Waals surface area contributed by atoms with E-state index in [4.69, 9.17) is 13.9 Å². The Labute approximate surface area is 195 Å². The fourth-order valence-electron chi connectivity index (χ4n) is 4.18. The summed E-state index contributed by atoms with van der Waals surface area (Å²) in [5.41, 5.74) is 3.69. The number of phenolic OH excluding ortho intramolecular Hbond substituents is 1. The van der Waals surface area contributed by atoms with Gasteiger partial charge in [-0.05, 0) is 60.0 Å². The number of aromatic hydroxyl groups is 1. The van der Waals surface area contributed by atoms with Crippen LogP contribution in [0.15, 0.2) is 88.3 Å². The Hall–Kier alpha value is -4.32. The number of hydrogen-bond donors (Lipinski definition) is 1.